The van der Waals surface area contributed by atoms with Gasteiger partial charge in [0, 0.05) is 51.8 Å². The highest BCUT2D eigenvalue weighted by Crippen LogP contribution is 2.15. The van der Waals surface area contributed by atoms with Gasteiger partial charge in [-0.3, -0.25) is 0 Å². The molecule has 1 saturated heterocycles. The Kier molecular flexibility index (Phi) is 5.50. The van der Waals surface area contributed by atoms with Crippen LogP contribution in [0.3, 0.4) is 0 Å². The predicted molar refractivity (Wildman–Crippen MR) is 73.2 cm³/mol. The first-order valence-electron chi connectivity index (χ1n) is 6.62. The molecule has 1 N–H and O–H groups in total. The Labute approximate surface area is 114 Å². The Hall–Kier alpha value is -1.24. The van der Waals surface area contributed by atoms with Crippen LogP contribution in [0.5, 0.6) is 0 Å². The van der Waals surface area contributed by atoms with E-state index >= 15 is 0 Å². The van der Waals surface area contributed by atoms with Gasteiger partial charge in [0.15, 0.2) is 0 Å². The van der Waals surface area contributed by atoms with Crippen molar-refractivity contribution >= 4 is 5.95 Å². The Bertz CT molecular complexity index is 365. The lowest BCUT2D eigenvalue weighted by Gasteiger charge is -2.22. The highest BCUT2D eigenvalue weighted by Gasteiger charge is 2.21. The molecule has 0 aliphatic carbocycles. The number of hydrogen-bond donors (Lipinski definition) is 1. The van der Waals surface area contributed by atoms with E-state index in [1.165, 1.54) is 0 Å². The number of rotatable bonds is 7. The van der Waals surface area contributed by atoms with Gasteiger partial charge < -0.3 is 19.7 Å². The van der Waals surface area contributed by atoms with Crippen LogP contribution < -0.4 is 10.2 Å². The minimum absolute atomic E-state index is 0.394. The molecule has 1 fully saturated rings. The molecular weight excluding hydrogens is 244 g/mol. The van der Waals surface area contributed by atoms with Crippen molar-refractivity contribution in [2.75, 3.05) is 45.4 Å². The average molecular weight is 266 g/mol. The van der Waals surface area contributed by atoms with E-state index in [4.69, 9.17) is 9.47 Å². The Morgan fingerprint density at radius 2 is 2.26 bits per heavy atom. The van der Waals surface area contributed by atoms with Gasteiger partial charge in [-0.15, -0.1) is 0 Å². The molecular formula is C13H22N4O2. The SMILES string of the molecule is COCCNCc1cnc(N(C)C2CCOC2)nc1. The van der Waals surface area contributed by atoms with Crippen molar-refractivity contribution in [2.24, 2.45) is 0 Å². The standard InChI is InChI=1S/C13H22N4O2/c1-17(12-3-5-19-10-12)13-15-8-11(9-16-13)7-14-4-6-18-2/h8-9,12,14H,3-7,10H2,1-2H3. The van der Waals surface area contributed by atoms with Gasteiger partial charge in [0.2, 0.25) is 5.95 Å². The summed E-state index contributed by atoms with van der Waals surface area (Å²) in [5.41, 5.74) is 1.08. The third kappa shape index (κ3) is 4.12. The monoisotopic (exact) mass is 266 g/mol. The molecule has 19 heavy (non-hydrogen) atoms. The molecule has 1 aromatic rings. The lowest BCUT2D eigenvalue weighted by Crippen LogP contribution is -2.33. The quantitative estimate of drug-likeness (QED) is 0.723. The second-order valence-electron chi connectivity index (χ2n) is 4.69. The van der Waals surface area contributed by atoms with Gasteiger partial charge in [0.1, 0.15) is 0 Å². The average Bonchev–Trinajstić information content (AvgIpc) is 2.98. The molecule has 2 heterocycles. The minimum atomic E-state index is 0.394. The van der Waals surface area contributed by atoms with Gasteiger partial charge >= 0.3 is 0 Å². The number of aromatic nitrogens is 2. The van der Waals surface area contributed by atoms with Crippen molar-refractivity contribution in [2.45, 2.75) is 19.0 Å². The summed E-state index contributed by atoms with van der Waals surface area (Å²) >= 11 is 0. The van der Waals surface area contributed by atoms with Crippen molar-refractivity contribution in [1.29, 1.82) is 0 Å². The maximum atomic E-state index is 5.38. The third-order valence-electron chi connectivity index (χ3n) is 3.27. The molecule has 1 aromatic heterocycles. The summed E-state index contributed by atoms with van der Waals surface area (Å²) in [5.74, 6) is 0.760. The fraction of sp³-hybridized carbons (Fsp3) is 0.692. The van der Waals surface area contributed by atoms with Crippen LogP contribution in [0.25, 0.3) is 0 Å². The van der Waals surface area contributed by atoms with Crippen LogP contribution in [0.4, 0.5) is 5.95 Å². The summed E-state index contributed by atoms with van der Waals surface area (Å²) in [6, 6.07) is 0.394. The van der Waals surface area contributed by atoms with E-state index in [1.54, 1.807) is 7.11 Å². The van der Waals surface area contributed by atoms with Gasteiger partial charge in [-0.1, -0.05) is 0 Å². The maximum absolute atomic E-state index is 5.38. The molecule has 2 rings (SSSR count). The molecule has 1 aliphatic heterocycles. The molecule has 106 valence electrons. The topological polar surface area (TPSA) is 59.5 Å². The summed E-state index contributed by atoms with van der Waals surface area (Å²) in [6.45, 7) is 3.90. The van der Waals surface area contributed by atoms with Crippen molar-refractivity contribution in [3.8, 4) is 0 Å². The smallest absolute Gasteiger partial charge is 0.225 e. The van der Waals surface area contributed by atoms with E-state index in [2.05, 4.69) is 20.2 Å². The Balaban J connectivity index is 1.83. The molecule has 6 nitrogen and oxygen atoms in total. The first-order chi connectivity index (χ1) is 9.31. The molecule has 0 aromatic carbocycles. The van der Waals surface area contributed by atoms with E-state index < -0.39 is 0 Å². The largest absolute Gasteiger partial charge is 0.383 e. The lowest BCUT2D eigenvalue weighted by molar-refractivity contribution is 0.193. The molecule has 0 bridgehead atoms. The number of nitrogens with one attached hydrogen (secondary N) is 1. The van der Waals surface area contributed by atoms with Crippen LogP contribution in [0.1, 0.15) is 12.0 Å². The first kappa shape index (κ1) is 14.2. The zero-order valence-electron chi connectivity index (χ0n) is 11.6. The van der Waals surface area contributed by atoms with Crippen molar-refractivity contribution < 1.29 is 9.47 Å². The van der Waals surface area contributed by atoms with Crippen molar-refractivity contribution in [3.63, 3.8) is 0 Å². The van der Waals surface area contributed by atoms with Crippen LogP contribution in [0, 0.1) is 0 Å². The number of ether oxygens (including phenoxy) is 2. The summed E-state index contributed by atoms with van der Waals surface area (Å²) in [6.07, 6.45) is 4.78. The second kappa shape index (κ2) is 7.37. The number of nitrogens with zero attached hydrogens (tertiary/aromatic N) is 3. The molecule has 0 radical (unpaired) electrons. The zero-order chi connectivity index (χ0) is 13.5. The van der Waals surface area contributed by atoms with E-state index in [0.29, 0.717) is 12.6 Å². The summed E-state index contributed by atoms with van der Waals surface area (Å²) in [5, 5.41) is 3.27. The van der Waals surface area contributed by atoms with Gasteiger partial charge in [0.25, 0.3) is 0 Å². The fourth-order valence-corrected chi connectivity index (χ4v) is 2.02. The van der Waals surface area contributed by atoms with Crippen LogP contribution >= 0.6 is 0 Å². The van der Waals surface area contributed by atoms with E-state index in [-0.39, 0.29) is 0 Å². The van der Waals surface area contributed by atoms with Gasteiger partial charge in [-0.25, -0.2) is 9.97 Å². The Morgan fingerprint density at radius 1 is 1.47 bits per heavy atom. The van der Waals surface area contributed by atoms with Gasteiger partial charge in [-0.2, -0.15) is 0 Å². The van der Waals surface area contributed by atoms with Crippen LogP contribution in [-0.2, 0) is 16.0 Å². The van der Waals surface area contributed by atoms with E-state index in [9.17, 15) is 0 Å². The summed E-state index contributed by atoms with van der Waals surface area (Å²) < 4.78 is 10.4. The highest BCUT2D eigenvalue weighted by atomic mass is 16.5. The van der Waals surface area contributed by atoms with Crippen LogP contribution in [0.15, 0.2) is 12.4 Å². The predicted octanol–water partition coefficient (Wildman–Crippen LogP) is 0.438. The van der Waals surface area contributed by atoms with E-state index in [0.717, 1.165) is 44.2 Å². The lowest BCUT2D eigenvalue weighted by atomic mass is 10.2. The molecule has 0 spiro atoms. The fourth-order valence-electron chi connectivity index (χ4n) is 2.02. The molecule has 1 atom stereocenters. The highest BCUT2D eigenvalue weighted by molar-refractivity contribution is 5.30. The minimum Gasteiger partial charge on any atom is -0.383 e. The van der Waals surface area contributed by atoms with Crippen LogP contribution in [-0.4, -0.2) is 56.5 Å². The second-order valence-corrected chi connectivity index (χ2v) is 4.69. The normalized spacial score (nSPS) is 18.7. The maximum Gasteiger partial charge on any atom is 0.225 e. The van der Waals surface area contributed by atoms with Crippen LogP contribution in [0.2, 0.25) is 0 Å². The van der Waals surface area contributed by atoms with Crippen molar-refractivity contribution in [1.82, 2.24) is 15.3 Å². The number of likely N-dealkylation sites (N-methyl/N-ethyl adjacent to an activating group) is 1. The number of hydrogen-bond acceptors (Lipinski definition) is 6. The molecule has 0 amide bonds. The first-order valence-corrected chi connectivity index (χ1v) is 6.62. The summed E-state index contributed by atoms with van der Waals surface area (Å²) in [4.78, 5) is 10.9. The van der Waals surface area contributed by atoms with Crippen molar-refractivity contribution in [3.05, 3.63) is 18.0 Å². The molecule has 1 unspecified atom stereocenters. The van der Waals surface area contributed by atoms with E-state index in [1.807, 2.05) is 19.4 Å². The molecule has 6 heteroatoms. The Morgan fingerprint density at radius 3 is 2.89 bits per heavy atom. The molecule has 1 aliphatic rings. The molecule has 0 saturated carbocycles. The zero-order valence-corrected chi connectivity index (χ0v) is 11.6. The number of anilines is 1. The number of methoxy groups -OCH3 is 1. The third-order valence-corrected chi connectivity index (χ3v) is 3.27. The summed E-state index contributed by atoms with van der Waals surface area (Å²) in [7, 11) is 3.72. The van der Waals surface area contributed by atoms with Gasteiger partial charge in [0.05, 0.1) is 19.3 Å². The van der Waals surface area contributed by atoms with Gasteiger partial charge in [-0.05, 0) is 6.42 Å².